The van der Waals surface area contributed by atoms with Gasteiger partial charge in [-0.3, -0.25) is 0 Å². The molecule has 5 nitrogen and oxygen atoms in total. The van der Waals surface area contributed by atoms with Crippen molar-refractivity contribution in [1.29, 1.82) is 0 Å². The summed E-state index contributed by atoms with van der Waals surface area (Å²) in [7, 11) is 0. The van der Waals surface area contributed by atoms with Gasteiger partial charge in [0.1, 0.15) is 12.4 Å². The van der Waals surface area contributed by atoms with E-state index in [2.05, 4.69) is 34.5 Å². The Balaban J connectivity index is 1.08. The first kappa shape index (κ1) is 23.9. The number of aromatic nitrogens is 2. The number of esters is 1. The maximum absolute atomic E-state index is 11.5. The Morgan fingerprint density at radius 1 is 0.946 bits per heavy atom. The van der Waals surface area contributed by atoms with Gasteiger partial charge in [-0.05, 0) is 122 Å². The number of benzene rings is 2. The third-order valence-corrected chi connectivity index (χ3v) is 8.50. The minimum atomic E-state index is -0.386. The Bertz CT molecular complexity index is 1240. The highest BCUT2D eigenvalue weighted by molar-refractivity contribution is 5.86. The number of carbonyl (C=O) groups excluding carboxylic acids is 1. The minimum absolute atomic E-state index is 0.349. The van der Waals surface area contributed by atoms with Crippen LogP contribution in [0.25, 0.3) is 17.3 Å². The van der Waals surface area contributed by atoms with Crippen LogP contribution in [0.4, 0.5) is 0 Å². The molecule has 0 amide bonds. The van der Waals surface area contributed by atoms with Gasteiger partial charge in [0.2, 0.25) is 0 Å². The predicted molar refractivity (Wildman–Crippen MR) is 144 cm³/mol. The molecule has 37 heavy (non-hydrogen) atoms. The Morgan fingerprint density at radius 2 is 1.68 bits per heavy atom. The largest absolute Gasteiger partial charge is 0.489 e. The summed E-state index contributed by atoms with van der Waals surface area (Å²) in [6.07, 6.45) is 11.5. The molecule has 0 saturated heterocycles. The highest BCUT2D eigenvalue weighted by Crippen LogP contribution is 2.60. The van der Waals surface area contributed by atoms with Gasteiger partial charge in [0.15, 0.2) is 0 Å². The summed E-state index contributed by atoms with van der Waals surface area (Å²) < 4.78 is 11.0. The van der Waals surface area contributed by atoms with Gasteiger partial charge in [-0.25, -0.2) is 4.79 Å². The molecule has 4 saturated carbocycles. The topological polar surface area (TPSA) is 61.3 Å². The molecule has 4 aliphatic rings. The van der Waals surface area contributed by atoms with E-state index in [9.17, 15) is 4.79 Å². The molecular formula is C32H34N2O3. The molecule has 7 rings (SSSR count). The Labute approximate surface area is 218 Å². The van der Waals surface area contributed by atoms with Crippen molar-refractivity contribution >= 4 is 12.0 Å². The number of hydrogen-bond acceptors (Lipinski definition) is 5. The van der Waals surface area contributed by atoms with Gasteiger partial charge in [-0.2, -0.15) is 5.10 Å². The minimum Gasteiger partial charge on any atom is -0.489 e. The third kappa shape index (κ3) is 5.18. The first-order chi connectivity index (χ1) is 18.1. The molecule has 5 heteroatoms. The fraction of sp³-hybridized carbons (Fsp3) is 0.406. The van der Waals surface area contributed by atoms with E-state index in [-0.39, 0.29) is 5.97 Å². The van der Waals surface area contributed by atoms with E-state index < -0.39 is 0 Å². The molecule has 0 radical (unpaired) electrons. The molecule has 1 aromatic heterocycles. The van der Waals surface area contributed by atoms with Crippen molar-refractivity contribution in [3.8, 4) is 17.0 Å². The highest BCUT2D eigenvalue weighted by atomic mass is 16.5. The van der Waals surface area contributed by atoms with Crippen LogP contribution in [0.3, 0.4) is 0 Å². The van der Waals surface area contributed by atoms with E-state index in [1.807, 2.05) is 36.4 Å². The number of rotatable bonds is 8. The average Bonchev–Trinajstić information content (AvgIpc) is 2.91. The summed E-state index contributed by atoms with van der Waals surface area (Å²) in [6, 6.07) is 20.9. The Kier molecular flexibility index (Phi) is 6.54. The molecule has 4 bridgehead atoms. The normalized spacial score (nSPS) is 25.9. The maximum atomic E-state index is 11.5. The fourth-order valence-corrected chi connectivity index (χ4v) is 7.27. The van der Waals surface area contributed by atoms with E-state index in [0.717, 1.165) is 34.8 Å². The van der Waals surface area contributed by atoms with Crippen molar-refractivity contribution in [2.75, 3.05) is 6.61 Å². The lowest BCUT2D eigenvalue weighted by molar-refractivity contribution is -0.137. The Hall–Kier alpha value is -3.47. The number of ether oxygens (including phenoxy) is 2. The second-order valence-electron chi connectivity index (χ2n) is 11.1. The van der Waals surface area contributed by atoms with Crippen LogP contribution in [0, 0.1) is 17.8 Å². The van der Waals surface area contributed by atoms with Crippen LogP contribution in [0.15, 0.2) is 66.7 Å². The molecule has 190 valence electrons. The molecule has 0 spiro atoms. The van der Waals surface area contributed by atoms with Gasteiger partial charge in [0, 0.05) is 11.6 Å². The second-order valence-corrected chi connectivity index (χ2v) is 11.1. The molecule has 4 aliphatic carbocycles. The second kappa shape index (κ2) is 10.1. The Morgan fingerprint density at radius 3 is 2.32 bits per heavy atom. The smallest absolute Gasteiger partial charge is 0.330 e. The van der Waals surface area contributed by atoms with Crippen LogP contribution in [-0.4, -0.2) is 22.8 Å². The van der Waals surface area contributed by atoms with Crippen LogP contribution in [0.1, 0.15) is 62.3 Å². The van der Waals surface area contributed by atoms with E-state index >= 15 is 0 Å². The van der Waals surface area contributed by atoms with Crippen molar-refractivity contribution in [2.24, 2.45) is 17.8 Å². The molecular weight excluding hydrogens is 460 g/mol. The van der Waals surface area contributed by atoms with Crippen LogP contribution in [0.2, 0.25) is 0 Å². The van der Waals surface area contributed by atoms with Crippen LogP contribution in [-0.2, 0) is 21.6 Å². The number of nitrogens with zero attached hydrogens (tertiary/aromatic N) is 2. The molecule has 0 atom stereocenters. The zero-order chi connectivity index (χ0) is 25.2. The zero-order valence-electron chi connectivity index (χ0n) is 21.4. The molecule has 0 N–H and O–H groups in total. The average molecular weight is 495 g/mol. The number of hydrogen-bond donors (Lipinski definition) is 0. The molecule has 1 heterocycles. The van der Waals surface area contributed by atoms with E-state index in [4.69, 9.17) is 9.47 Å². The van der Waals surface area contributed by atoms with Crippen LogP contribution >= 0.6 is 0 Å². The van der Waals surface area contributed by atoms with Crippen molar-refractivity contribution in [1.82, 2.24) is 10.2 Å². The van der Waals surface area contributed by atoms with Gasteiger partial charge in [-0.1, -0.05) is 24.3 Å². The van der Waals surface area contributed by atoms with Crippen LogP contribution < -0.4 is 4.74 Å². The maximum Gasteiger partial charge on any atom is 0.330 e. The van der Waals surface area contributed by atoms with Gasteiger partial charge >= 0.3 is 5.97 Å². The summed E-state index contributed by atoms with van der Waals surface area (Å²) in [5.41, 5.74) is 5.54. The first-order valence-corrected chi connectivity index (χ1v) is 13.6. The fourth-order valence-electron chi connectivity index (χ4n) is 7.27. The van der Waals surface area contributed by atoms with Gasteiger partial charge in [0.25, 0.3) is 0 Å². The van der Waals surface area contributed by atoms with Crippen molar-refractivity contribution in [3.63, 3.8) is 0 Å². The van der Waals surface area contributed by atoms with Gasteiger partial charge < -0.3 is 9.47 Å². The zero-order valence-corrected chi connectivity index (χ0v) is 21.4. The SMILES string of the molecule is CCOC(=O)/C=C/c1ccc(-c2ccc(OCc3cccc(C45CC6CC(CC(C6)C4)C5)c3)cc2)nn1. The van der Waals surface area contributed by atoms with E-state index in [1.54, 1.807) is 18.6 Å². The number of carbonyl (C=O) groups is 1. The molecule has 2 aromatic carbocycles. The lowest BCUT2D eigenvalue weighted by Gasteiger charge is -2.57. The van der Waals surface area contributed by atoms with E-state index in [0.29, 0.717) is 24.3 Å². The van der Waals surface area contributed by atoms with Gasteiger partial charge in [-0.15, -0.1) is 5.10 Å². The molecule has 4 fully saturated rings. The molecule has 0 unspecified atom stereocenters. The first-order valence-electron chi connectivity index (χ1n) is 13.6. The van der Waals surface area contributed by atoms with Gasteiger partial charge in [0.05, 0.1) is 18.0 Å². The quantitative estimate of drug-likeness (QED) is 0.256. The van der Waals surface area contributed by atoms with Crippen molar-refractivity contribution < 1.29 is 14.3 Å². The van der Waals surface area contributed by atoms with Crippen molar-refractivity contribution in [3.05, 3.63) is 83.6 Å². The lowest BCUT2D eigenvalue weighted by Crippen LogP contribution is -2.48. The summed E-state index contributed by atoms with van der Waals surface area (Å²) >= 11 is 0. The summed E-state index contributed by atoms with van der Waals surface area (Å²) in [5.74, 6) is 3.30. The molecule has 3 aromatic rings. The highest BCUT2D eigenvalue weighted by Gasteiger charge is 2.51. The molecule has 0 aliphatic heterocycles. The van der Waals surface area contributed by atoms with Crippen LogP contribution in [0.5, 0.6) is 5.75 Å². The standard InChI is InChI=1S/C32H34N2O3/c1-2-36-31(35)13-9-28-8-12-30(34-33-28)26-6-10-29(11-7-26)37-21-22-4-3-5-27(17-22)32-18-23-14-24(19-32)16-25(15-23)20-32/h3-13,17,23-25H,2,14-16,18-21H2,1H3/b13-9+. The summed E-state index contributed by atoms with van der Waals surface area (Å²) in [6.45, 7) is 2.69. The lowest BCUT2D eigenvalue weighted by atomic mass is 9.48. The van der Waals surface area contributed by atoms with E-state index in [1.165, 1.54) is 50.2 Å². The summed E-state index contributed by atoms with van der Waals surface area (Å²) in [5, 5.41) is 8.47. The summed E-state index contributed by atoms with van der Waals surface area (Å²) in [4.78, 5) is 11.5. The predicted octanol–water partition coefficient (Wildman–Crippen LogP) is 6.77. The van der Waals surface area contributed by atoms with Crippen molar-refractivity contribution in [2.45, 2.75) is 57.5 Å². The monoisotopic (exact) mass is 494 g/mol. The third-order valence-electron chi connectivity index (χ3n) is 8.50.